The first-order chi connectivity index (χ1) is 16.7. The lowest BCUT2D eigenvalue weighted by Crippen LogP contribution is -2.26. The van der Waals surface area contributed by atoms with Crippen LogP contribution in [-0.2, 0) is 19.5 Å². The Morgan fingerprint density at radius 1 is 1.03 bits per heavy atom. The maximum atomic E-state index is 13.3. The number of hydrogen-bond donors (Lipinski definition) is 1. The van der Waals surface area contributed by atoms with Crippen LogP contribution in [0, 0.1) is 0 Å². The van der Waals surface area contributed by atoms with E-state index in [2.05, 4.69) is 42.6 Å². The highest BCUT2D eigenvalue weighted by Gasteiger charge is 2.17. The molecule has 0 amide bonds. The van der Waals surface area contributed by atoms with Gasteiger partial charge in [0.15, 0.2) is 0 Å². The largest absolute Gasteiger partial charge is 0.335 e. The molecule has 1 aromatic carbocycles. The third-order valence-corrected chi connectivity index (χ3v) is 5.65. The van der Waals surface area contributed by atoms with Gasteiger partial charge in [-0.2, -0.15) is 15.3 Å². The van der Waals surface area contributed by atoms with E-state index in [0.717, 1.165) is 40.9 Å². The molecule has 5 rings (SSSR count). The van der Waals surface area contributed by atoms with Gasteiger partial charge in [0.2, 0.25) is 11.8 Å². The van der Waals surface area contributed by atoms with Crippen molar-refractivity contribution in [3.05, 3.63) is 77.0 Å². The molecule has 1 N–H and O–H groups in total. The normalized spacial score (nSPS) is 11.2. The predicted molar refractivity (Wildman–Crippen MR) is 125 cm³/mol. The van der Waals surface area contributed by atoms with Gasteiger partial charge in [0, 0.05) is 35.8 Å². The van der Waals surface area contributed by atoms with Crippen molar-refractivity contribution in [2.45, 2.75) is 39.8 Å². The number of aromatic amines is 1. The molecule has 0 aliphatic carbocycles. The van der Waals surface area contributed by atoms with Crippen LogP contribution in [0.5, 0.6) is 0 Å². The van der Waals surface area contributed by atoms with Gasteiger partial charge in [-0.05, 0) is 30.2 Å². The van der Waals surface area contributed by atoms with E-state index < -0.39 is 0 Å². The zero-order valence-electron chi connectivity index (χ0n) is 19.0. The molecule has 11 nitrogen and oxygen atoms in total. The first kappa shape index (κ1) is 21.4. The molecule has 0 saturated carbocycles. The maximum absolute atomic E-state index is 13.3. The van der Waals surface area contributed by atoms with E-state index in [-0.39, 0.29) is 5.69 Å². The van der Waals surface area contributed by atoms with Crippen molar-refractivity contribution in [2.24, 2.45) is 0 Å². The van der Waals surface area contributed by atoms with Crippen LogP contribution in [-0.4, -0.2) is 49.5 Å². The molecule has 11 heteroatoms. The second-order valence-corrected chi connectivity index (χ2v) is 7.80. The average molecular weight is 457 g/mol. The average Bonchev–Trinajstić information content (AvgIpc) is 3.62. The van der Waals surface area contributed by atoms with Gasteiger partial charge in [0.1, 0.15) is 6.33 Å². The Morgan fingerprint density at radius 3 is 2.59 bits per heavy atom. The first-order valence-electron chi connectivity index (χ1n) is 11.2. The molecule has 34 heavy (non-hydrogen) atoms. The molecule has 0 radical (unpaired) electrons. The van der Waals surface area contributed by atoms with Gasteiger partial charge < -0.3 is 0 Å². The van der Waals surface area contributed by atoms with E-state index in [1.54, 1.807) is 13.8 Å². The number of nitrogens with zero attached hydrogens (tertiary/aromatic N) is 9. The Balaban J connectivity index is 1.47. The summed E-state index contributed by atoms with van der Waals surface area (Å²) < 4.78 is 5.03. The lowest BCUT2D eigenvalue weighted by atomic mass is 10.0. The Morgan fingerprint density at radius 2 is 1.88 bits per heavy atom. The summed E-state index contributed by atoms with van der Waals surface area (Å²) in [6.07, 6.45) is 6.83. The third-order valence-electron chi connectivity index (χ3n) is 5.65. The summed E-state index contributed by atoms with van der Waals surface area (Å²) in [4.78, 5) is 22.2. The van der Waals surface area contributed by atoms with E-state index in [0.29, 0.717) is 24.9 Å². The highest BCUT2D eigenvalue weighted by atomic mass is 16.2. The van der Waals surface area contributed by atoms with Crippen LogP contribution in [0.3, 0.4) is 0 Å². The van der Waals surface area contributed by atoms with Crippen LogP contribution in [0.4, 0.5) is 0 Å². The highest BCUT2D eigenvalue weighted by molar-refractivity contribution is 5.79. The van der Waals surface area contributed by atoms with Gasteiger partial charge in [-0.15, -0.1) is 10.2 Å². The summed E-state index contributed by atoms with van der Waals surface area (Å²) in [5, 5.41) is 18.5. The summed E-state index contributed by atoms with van der Waals surface area (Å²) in [6.45, 7) is 5.06. The smallest absolute Gasteiger partial charge is 0.290 e. The SMILES string of the molecule is CCCc1cn(-c2ncnn2CC)c(=O)n1Cc1ccc(-c2ccccc2-c2nn[nH]n2)cn1. The fourth-order valence-corrected chi connectivity index (χ4v) is 4.01. The molecule has 5 aromatic rings. The van der Waals surface area contributed by atoms with Crippen LogP contribution in [0.15, 0.2) is 59.9 Å². The van der Waals surface area contributed by atoms with E-state index in [9.17, 15) is 4.79 Å². The van der Waals surface area contributed by atoms with Gasteiger partial charge in [0.25, 0.3) is 0 Å². The lowest BCUT2D eigenvalue weighted by molar-refractivity contribution is 0.619. The summed E-state index contributed by atoms with van der Waals surface area (Å²) in [5.74, 6) is 1.04. The minimum Gasteiger partial charge on any atom is -0.290 e. The molecule has 0 bridgehead atoms. The van der Waals surface area contributed by atoms with E-state index in [1.807, 2.05) is 55.7 Å². The number of hydrogen-bond acceptors (Lipinski definition) is 7. The van der Waals surface area contributed by atoms with Crippen molar-refractivity contribution in [3.63, 3.8) is 0 Å². The zero-order valence-corrected chi connectivity index (χ0v) is 19.0. The number of nitrogens with one attached hydrogen (secondary N) is 1. The molecule has 0 saturated heterocycles. The van der Waals surface area contributed by atoms with Crippen molar-refractivity contribution in [2.75, 3.05) is 0 Å². The van der Waals surface area contributed by atoms with Crippen molar-refractivity contribution in [3.8, 4) is 28.5 Å². The second kappa shape index (κ2) is 9.22. The molecule has 0 atom stereocenters. The topological polar surface area (TPSA) is 125 Å². The maximum Gasteiger partial charge on any atom is 0.335 e. The third kappa shape index (κ3) is 3.91. The van der Waals surface area contributed by atoms with E-state index in [1.165, 1.54) is 6.33 Å². The number of pyridine rings is 1. The number of imidazole rings is 1. The quantitative estimate of drug-likeness (QED) is 0.380. The Hall–Kier alpha value is -4.41. The zero-order chi connectivity index (χ0) is 23.5. The molecule has 0 unspecified atom stereocenters. The summed E-state index contributed by atoms with van der Waals surface area (Å²) >= 11 is 0. The van der Waals surface area contributed by atoms with Gasteiger partial charge >= 0.3 is 5.69 Å². The molecule has 0 spiro atoms. The van der Waals surface area contributed by atoms with Gasteiger partial charge in [-0.1, -0.05) is 43.7 Å². The van der Waals surface area contributed by atoms with Crippen molar-refractivity contribution >= 4 is 0 Å². The fraction of sp³-hybridized carbons (Fsp3) is 0.261. The monoisotopic (exact) mass is 456 g/mol. The fourth-order valence-electron chi connectivity index (χ4n) is 4.01. The van der Waals surface area contributed by atoms with Crippen molar-refractivity contribution in [1.29, 1.82) is 0 Å². The van der Waals surface area contributed by atoms with Crippen LogP contribution >= 0.6 is 0 Å². The van der Waals surface area contributed by atoms with Crippen LogP contribution in [0.1, 0.15) is 31.7 Å². The highest BCUT2D eigenvalue weighted by Crippen LogP contribution is 2.29. The molecule has 4 heterocycles. The Kier molecular flexibility index (Phi) is 5.81. The second-order valence-electron chi connectivity index (χ2n) is 7.80. The van der Waals surface area contributed by atoms with Crippen LogP contribution in [0.2, 0.25) is 0 Å². The Bertz CT molecular complexity index is 1440. The molecular weight excluding hydrogens is 432 g/mol. The van der Waals surface area contributed by atoms with E-state index >= 15 is 0 Å². The summed E-state index contributed by atoms with van der Waals surface area (Å²) in [6, 6.07) is 11.8. The standard InChI is InChI=1S/C23H24N10O/c1-3-7-18-14-32(22-25-15-26-33(22)4-2)23(34)31(18)13-17-11-10-16(12-24-17)19-8-5-6-9-20(19)21-27-29-30-28-21/h5-6,8-12,14-15H,3-4,7,13H2,1-2H3,(H,27,28,29,30). The van der Waals surface area contributed by atoms with Gasteiger partial charge in [-0.3, -0.25) is 9.55 Å². The summed E-state index contributed by atoms with van der Waals surface area (Å²) in [7, 11) is 0. The number of aryl methyl sites for hydroxylation is 2. The summed E-state index contributed by atoms with van der Waals surface area (Å²) in [5.41, 5.74) is 4.32. The molecule has 4 aromatic heterocycles. The molecule has 0 aliphatic rings. The van der Waals surface area contributed by atoms with Crippen molar-refractivity contribution in [1.82, 2.24) is 49.5 Å². The van der Waals surface area contributed by atoms with Crippen molar-refractivity contribution < 1.29 is 0 Å². The Labute approximate surface area is 195 Å². The predicted octanol–water partition coefficient (Wildman–Crippen LogP) is 2.49. The first-order valence-corrected chi connectivity index (χ1v) is 11.2. The molecule has 0 aliphatic heterocycles. The molecule has 172 valence electrons. The number of tetrazole rings is 1. The number of aromatic nitrogens is 10. The lowest BCUT2D eigenvalue weighted by Gasteiger charge is -2.09. The minimum atomic E-state index is -0.153. The minimum absolute atomic E-state index is 0.153. The molecular formula is C23H24N10O. The molecule has 0 fully saturated rings. The number of rotatable bonds is 8. The van der Waals surface area contributed by atoms with Crippen LogP contribution in [0.25, 0.3) is 28.5 Å². The number of benzene rings is 1. The van der Waals surface area contributed by atoms with Gasteiger partial charge in [-0.25, -0.2) is 14.0 Å². The van der Waals surface area contributed by atoms with Gasteiger partial charge in [0.05, 0.1) is 12.2 Å². The number of H-pyrrole nitrogens is 1. The van der Waals surface area contributed by atoms with Crippen LogP contribution < -0.4 is 5.69 Å². The van der Waals surface area contributed by atoms with E-state index in [4.69, 9.17) is 0 Å².